The molecule has 1 aromatic carbocycles. The zero-order valence-electron chi connectivity index (χ0n) is 11.8. The topological polar surface area (TPSA) is 43.9 Å². The van der Waals surface area contributed by atoms with Crippen LogP contribution in [0.1, 0.15) is 12.5 Å². The molecule has 0 radical (unpaired) electrons. The smallest absolute Gasteiger partial charge is 0.321 e. The average molecular weight is 273 g/mol. The largest absolute Gasteiger partial charge is 0.342 e. The van der Waals surface area contributed by atoms with Gasteiger partial charge >= 0.3 is 6.03 Å². The number of carbonyl (C=O) groups excluding carboxylic acids is 2. The molecule has 0 spiro atoms. The predicted octanol–water partition coefficient (Wildman–Crippen LogP) is 1.15. The van der Waals surface area contributed by atoms with E-state index in [4.69, 9.17) is 0 Å². The van der Waals surface area contributed by atoms with Gasteiger partial charge in [0.25, 0.3) is 0 Å². The number of nitrogens with zero attached hydrogens (tertiary/aromatic N) is 3. The van der Waals surface area contributed by atoms with Crippen LogP contribution < -0.4 is 0 Å². The maximum Gasteiger partial charge on any atom is 0.321 e. The number of hydrogen-bond donors (Lipinski definition) is 0. The summed E-state index contributed by atoms with van der Waals surface area (Å²) in [5.74, 6) is 0.0242. The molecule has 106 valence electrons. The van der Waals surface area contributed by atoms with E-state index < -0.39 is 0 Å². The highest BCUT2D eigenvalue weighted by molar-refractivity contribution is 5.89. The molecule has 2 atom stereocenters. The monoisotopic (exact) mass is 273 g/mol. The summed E-state index contributed by atoms with van der Waals surface area (Å²) < 4.78 is 0. The number of urea groups is 1. The number of likely N-dealkylation sites (N-methyl/N-ethyl adjacent to an activating group) is 1. The third-order valence-electron chi connectivity index (χ3n) is 4.17. The molecule has 3 amide bonds. The number of piperazine rings is 1. The number of hydrogen-bond acceptors (Lipinski definition) is 2. The lowest BCUT2D eigenvalue weighted by molar-refractivity contribution is -0.139. The molecule has 2 fully saturated rings. The minimum Gasteiger partial charge on any atom is -0.342 e. The number of carbonyl (C=O) groups is 2. The third kappa shape index (κ3) is 2.03. The fourth-order valence-electron chi connectivity index (χ4n) is 3.15. The summed E-state index contributed by atoms with van der Waals surface area (Å²) in [6.07, 6.45) is 0. The van der Waals surface area contributed by atoms with Gasteiger partial charge in [-0.2, -0.15) is 0 Å². The molecule has 2 saturated heterocycles. The van der Waals surface area contributed by atoms with Gasteiger partial charge in [0.2, 0.25) is 5.91 Å². The highest BCUT2D eigenvalue weighted by Gasteiger charge is 2.46. The van der Waals surface area contributed by atoms with E-state index >= 15 is 0 Å². The normalized spacial score (nSPS) is 26.2. The summed E-state index contributed by atoms with van der Waals surface area (Å²) in [4.78, 5) is 29.8. The molecule has 5 nitrogen and oxygen atoms in total. The predicted molar refractivity (Wildman–Crippen MR) is 75.0 cm³/mol. The molecule has 2 heterocycles. The van der Waals surface area contributed by atoms with E-state index in [0.717, 1.165) is 5.56 Å². The first-order valence-corrected chi connectivity index (χ1v) is 6.94. The highest BCUT2D eigenvalue weighted by atomic mass is 16.2. The van der Waals surface area contributed by atoms with Gasteiger partial charge in [0, 0.05) is 26.7 Å². The average Bonchev–Trinajstić information content (AvgIpc) is 2.74. The molecule has 0 aromatic heterocycles. The Kier molecular flexibility index (Phi) is 3.12. The second kappa shape index (κ2) is 4.81. The molecule has 0 unspecified atom stereocenters. The van der Waals surface area contributed by atoms with Crippen LogP contribution in [0.3, 0.4) is 0 Å². The van der Waals surface area contributed by atoms with Crippen LogP contribution in [0.5, 0.6) is 0 Å². The van der Waals surface area contributed by atoms with Crippen molar-refractivity contribution in [2.75, 3.05) is 20.1 Å². The van der Waals surface area contributed by atoms with Crippen LogP contribution in [-0.4, -0.2) is 58.9 Å². The van der Waals surface area contributed by atoms with Gasteiger partial charge in [0.05, 0.1) is 6.04 Å². The lowest BCUT2D eigenvalue weighted by atomic mass is 10.1. The molecule has 20 heavy (non-hydrogen) atoms. The van der Waals surface area contributed by atoms with Crippen LogP contribution in [0, 0.1) is 0 Å². The Bertz CT molecular complexity index is 531. The summed E-state index contributed by atoms with van der Waals surface area (Å²) in [5, 5.41) is 0. The first-order chi connectivity index (χ1) is 9.58. The Morgan fingerprint density at radius 2 is 1.85 bits per heavy atom. The lowest BCUT2D eigenvalue weighted by Crippen LogP contribution is -2.58. The standard InChI is InChI=1S/C15H19N3O2/c1-11-14(19)16(2)9-13-10-17(15(20)18(11)13)8-12-6-4-3-5-7-12/h3-7,11,13H,8-10H2,1-2H3/t11-,13+/m0/s1. The summed E-state index contributed by atoms with van der Waals surface area (Å²) in [6, 6.07) is 9.70. The van der Waals surface area contributed by atoms with Crippen LogP contribution in [0.4, 0.5) is 4.79 Å². The van der Waals surface area contributed by atoms with Crippen molar-refractivity contribution in [3.05, 3.63) is 35.9 Å². The molecule has 2 aliphatic rings. The summed E-state index contributed by atoms with van der Waals surface area (Å²) in [7, 11) is 1.81. The van der Waals surface area contributed by atoms with Crippen molar-refractivity contribution in [1.82, 2.24) is 14.7 Å². The zero-order chi connectivity index (χ0) is 14.3. The molecule has 3 rings (SSSR count). The number of fused-ring (bicyclic) bond motifs is 1. The molecule has 0 N–H and O–H groups in total. The Morgan fingerprint density at radius 1 is 1.15 bits per heavy atom. The van der Waals surface area contributed by atoms with Crippen LogP contribution in [0.2, 0.25) is 0 Å². The minimum absolute atomic E-state index is 0.0206. The van der Waals surface area contributed by atoms with Crippen LogP contribution >= 0.6 is 0 Å². The van der Waals surface area contributed by atoms with Gasteiger partial charge in [0.15, 0.2) is 0 Å². The first kappa shape index (κ1) is 13.0. The number of rotatable bonds is 2. The third-order valence-corrected chi connectivity index (χ3v) is 4.17. The maximum absolute atomic E-state index is 12.5. The van der Waals surface area contributed by atoms with Crippen LogP contribution in [0.15, 0.2) is 30.3 Å². The van der Waals surface area contributed by atoms with Crippen molar-refractivity contribution in [3.8, 4) is 0 Å². The van der Waals surface area contributed by atoms with E-state index in [0.29, 0.717) is 19.6 Å². The highest BCUT2D eigenvalue weighted by Crippen LogP contribution is 2.26. The quantitative estimate of drug-likeness (QED) is 0.811. The van der Waals surface area contributed by atoms with Crippen molar-refractivity contribution in [2.45, 2.75) is 25.6 Å². The van der Waals surface area contributed by atoms with Crippen LogP contribution in [0.25, 0.3) is 0 Å². The van der Waals surface area contributed by atoms with E-state index in [1.165, 1.54) is 0 Å². The van der Waals surface area contributed by atoms with Crippen molar-refractivity contribution < 1.29 is 9.59 Å². The fourth-order valence-corrected chi connectivity index (χ4v) is 3.15. The van der Waals surface area contributed by atoms with Gasteiger partial charge in [-0.1, -0.05) is 30.3 Å². The Morgan fingerprint density at radius 3 is 2.55 bits per heavy atom. The molecular weight excluding hydrogens is 254 g/mol. The molecule has 5 heteroatoms. The van der Waals surface area contributed by atoms with Crippen molar-refractivity contribution in [2.24, 2.45) is 0 Å². The molecule has 1 aromatic rings. The summed E-state index contributed by atoms with van der Waals surface area (Å²) in [6.45, 7) is 3.74. The van der Waals surface area contributed by atoms with Crippen LogP contribution in [-0.2, 0) is 11.3 Å². The number of benzene rings is 1. The molecule has 0 aliphatic carbocycles. The molecular formula is C15H19N3O2. The zero-order valence-corrected chi connectivity index (χ0v) is 11.8. The van der Waals surface area contributed by atoms with Gasteiger partial charge in [0.1, 0.15) is 6.04 Å². The second-order valence-electron chi connectivity index (χ2n) is 5.60. The SMILES string of the molecule is C[C@H]1C(=O)N(C)C[C@@H]2CN(Cc3ccccc3)C(=O)N21. The van der Waals surface area contributed by atoms with Gasteiger partial charge in [-0.15, -0.1) is 0 Å². The molecule has 2 aliphatic heterocycles. The van der Waals surface area contributed by atoms with Crippen molar-refractivity contribution in [3.63, 3.8) is 0 Å². The van der Waals surface area contributed by atoms with E-state index in [1.54, 1.807) is 16.8 Å². The van der Waals surface area contributed by atoms with Gasteiger partial charge < -0.3 is 14.7 Å². The Balaban J connectivity index is 1.78. The second-order valence-corrected chi connectivity index (χ2v) is 5.60. The first-order valence-electron chi connectivity index (χ1n) is 6.94. The number of amides is 3. The Hall–Kier alpha value is -2.04. The molecule has 0 bridgehead atoms. The van der Waals surface area contributed by atoms with Crippen molar-refractivity contribution in [1.29, 1.82) is 0 Å². The summed E-state index contributed by atoms with van der Waals surface area (Å²) >= 11 is 0. The minimum atomic E-state index is -0.355. The Labute approximate surface area is 118 Å². The van der Waals surface area contributed by atoms with Gasteiger partial charge in [-0.25, -0.2) is 4.79 Å². The van der Waals surface area contributed by atoms with E-state index in [2.05, 4.69) is 0 Å². The summed E-state index contributed by atoms with van der Waals surface area (Å²) in [5.41, 5.74) is 1.12. The van der Waals surface area contributed by atoms with E-state index in [1.807, 2.05) is 42.2 Å². The van der Waals surface area contributed by atoms with Gasteiger partial charge in [-0.05, 0) is 12.5 Å². The van der Waals surface area contributed by atoms with Crippen molar-refractivity contribution >= 4 is 11.9 Å². The lowest BCUT2D eigenvalue weighted by Gasteiger charge is -2.38. The van der Waals surface area contributed by atoms with Gasteiger partial charge in [-0.3, -0.25) is 4.79 Å². The van der Waals surface area contributed by atoms with E-state index in [-0.39, 0.29) is 24.0 Å². The maximum atomic E-state index is 12.5. The fraction of sp³-hybridized carbons (Fsp3) is 0.467. The van der Waals surface area contributed by atoms with E-state index in [9.17, 15) is 9.59 Å². The molecule has 0 saturated carbocycles.